The van der Waals surface area contributed by atoms with Gasteiger partial charge in [0.2, 0.25) is 0 Å². The molecule has 4 nitrogen and oxygen atoms in total. The predicted molar refractivity (Wildman–Crippen MR) is 52.3 cm³/mol. The van der Waals surface area contributed by atoms with E-state index in [9.17, 15) is 4.79 Å². The summed E-state index contributed by atoms with van der Waals surface area (Å²) in [5.41, 5.74) is 0.722. The normalized spacial score (nSPS) is 15.9. The molecule has 1 aromatic rings. The molecule has 14 heavy (non-hydrogen) atoms. The summed E-state index contributed by atoms with van der Waals surface area (Å²) < 4.78 is 1.59. The van der Waals surface area contributed by atoms with E-state index >= 15 is 0 Å². The van der Waals surface area contributed by atoms with Gasteiger partial charge >= 0.3 is 0 Å². The highest BCUT2D eigenvalue weighted by Crippen LogP contribution is 2.38. The van der Waals surface area contributed by atoms with Gasteiger partial charge in [0.25, 0.3) is 5.56 Å². The van der Waals surface area contributed by atoms with Crippen LogP contribution in [-0.2, 0) is 6.54 Å². The third kappa shape index (κ3) is 1.70. The van der Waals surface area contributed by atoms with Crippen LogP contribution in [0.4, 0.5) is 0 Å². The van der Waals surface area contributed by atoms with Crippen LogP contribution in [0, 0.1) is 6.92 Å². The largest absolute Gasteiger partial charge is 0.395 e. The quantitative estimate of drug-likeness (QED) is 0.758. The van der Waals surface area contributed by atoms with Crippen LogP contribution >= 0.6 is 0 Å². The van der Waals surface area contributed by atoms with Gasteiger partial charge in [0, 0.05) is 17.7 Å². The molecule has 1 aromatic heterocycles. The van der Waals surface area contributed by atoms with E-state index in [-0.39, 0.29) is 12.2 Å². The van der Waals surface area contributed by atoms with E-state index in [4.69, 9.17) is 5.11 Å². The Morgan fingerprint density at radius 1 is 1.64 bits per heavy atom. The Bertz CT molecular complexity index is 394. The molecule has 76 valence electrons. The van der Waals surface area contributed by atoms with E-state index in [0.29, 0.717) is 12.5 Å². The van der Waals surface area contributed by atoms with Gasteiger partial charge < -0.3 is 5.11 Å². The summed E-state index contributed by atoms with van der Waals surface area (Å²) in [6.07, 6.45) is 2.22. The topological polar surface area (TPSA) is 55.1 Å². The van der Waals surface area contributed by atoms with Gasteiger partial charge in [-0.1, -0.05) is 0 Å². The monoisotopic (exact) mass is 194 g/mol. The summed E-state index contributed by atoms with van der Waals surface area (Å²) in [6.45, 7) is 2.18. The van der Waals surface area contributed by atoms with Gasteiger partial charge in [-0.25, -0.2) is 4.98 Å². The number of aliphatic hydroxyl groups is 1. The Morgan fingerprint density at radius 3 is 2.93 bits per heavy atom. The van der Waals surface area contributed by atoms with E-state index in [1.807, 2.05) is 6.92 Å². The number of aryl methyl sites for hydroxylation is 1. The van der Waals surface area contributed by atoms with E-state index in [0.717, 1.165) is 24.4 Å². The molecule has 0 unspecified atom stereocenters. The van der Waals surface area contributed by atoms with Crippen LogP contribution in [0.1, 0.15) is 30.3 Å². The Labute approximate surface area is 82.2 Å². The van der Waals surface area contributed by atoms with Gasteiger partial charge in [0.05, 0.1) is 13.2 Å². The Morgan fingerprint density at radius 2 is 2.36 bits per heavy atom. The van der Waals surface area contributed by atoms with Gasteiger partial charge in [0.15, 0.2) is 0 Å². The average Bonchev–Trinajstić information content (AvgIpc) is 2.92. The summed E-state index contributed by atoms with van der Waals surface area (Å²) >= 11 is 0. The van der Waals surface area contributed by atoms with Crippen molar-refractivity contribution in [1.29, 1.82) is 0 Å². The maximum atomic E-state index is 11.6. The van der Waals surface area contributed by atoms with Crippen molar-refractivity contribution >= 4 is 0 Å². The average molecular weight is 194 g/mol. The lowest BCUT2D eigenvalue weighted by molar-refractivity contribution is 0.271. The fraction of sp³-hybridized carbons (Fsp3) is 0.600. The van der Waals surface area contributed by atoms with Crippen molar-refractivity contribution < 1.29 is 5.11 Å². The maximum absolute atomic E-state index is 11.6. The summed E-state index contributed by atoms with van der Waals surface area (Å²) in [6, 6.07) is 1.52. The molecule has 0 atom stereocenters. The van der Waals surface area contributed by atoms with Crippen molar-refractivity contribution in [2.45, 2.75) is 32.2 Å². The van der Waals surface area contributed by atoms with Crippen molar-refractivity contribution in [3.63, 3.8) is 0 Å². The minimum atomic E-state index is -0.0477. The fourth-order valence-corrected chi connectivity index (χ4v) is 1.62. The Hall–Kier alpha value is -1.16. The molecule has 1 saturated carbocycles. The molecule has 1 N–H and O–H groups in total. The third-order valence-corrected chi connectivity index (χ3v) is 2.43. The Kier molecular flexibility index (Phi) is 2.37. The number of aliphatic hydroxyl groups excluding tert-OH is 1. The van der Waals surface area contributed by atoms with Crippen molar-refractivity contribution in [1.82, 2.24) is 9.55 Å². The first-order chi connectivity index (χ1) is 6.72. The number of hydrogen-bond acceptors (Lipinski definition) is 3. The first kappa shape index (κ1) is 9.40. The highest BCUT2D eigenvalue weighted by molar-refractivity contribution is 5.11. The molecule has 0 spiro atoms. The molecular formula is C10H14N2O2. The van der Waals surface area contributed by atoms with E-state index < -0.39 is 0 Å². The van der Waals surface area contributed by atoms with Gasteiger partial charge in [-0.3, -0.25) is 9.36 Å². The Balaban J connectivity index is 2.47. The molecule has 0 aromatic carbocycles. The lowest BCUT2D eigenvalue weighted by Crippen LogP contribution is -2.26. The molecule has 0 amide bonds. The first-order valence-electron chi connectivity index (χ1n) is 4.91. The van der Waals surface area contributed by atoms with Gasteiger partial charge in [-0.2, -0.15) is 0 Å². The molecule has 1 aliphatic rings. The van der Waals surface area contributed by atoms with Crippen LogP contribution in [0.5, 0.6) is 0 Å². The second-order valence-electron chi connectivity index (χ2n) is 3.74. The lowest BCUT2D eigenvalue weighted by atomic mass is 10.3. The number of hydrogen-bond donors (Lipinski definition) is 1. The molecule has 1 heterocycles. The zero-order valence-corrected chi connectivity index (χ0v) is 8.23. The molecule has 4 heteroatoms. The van der Waals surface area contributed by atoms with E-state index in [1.54, 1.807) is 4.57 Å². The lowest BCUT2D eigenvalue weighted by Gasteiger charge is -2.10. The van der Waals surface area contributed by atoms with Crippen molar-refractivity contribution in [3.8, 4) is 0 Å². The third-order valence-electron chi connectivity index (χ3n) is 2.43. The SMILES string of the molecule is Cc1cc(=O)n(CCO)c(C2CC2)n1. The van der Waals surface area contributed by atoms with Crippen molar-refractivity contribution in [2.24, 2.45) is 0 Å². The molecule has 0 radical (unpaired) electrons. The van der Waals surface area contributed by atoms with Crippen LogP contribution in [0.3, 0.4) is 0 Å². The predicted octanol–water partition coefficient (Wildman–Crippen LogP) is 0.421. The van der Waals surface area contributed by atoms with Crippen LogP contribution in [0.15, 0.2) is 10.9 Å². The van der Waals surface area contributed by atoms with E-state index in [1.165, 1.54) is 6.07 Å². The smallest absolute Gasteiger partial charge is 0.253 e. The van der Waals surface area contributed by atoms with Crippen molar-refractivity contribution in [2.75, 3.05) is 6.61 Å². The summed E-state index contributed by atoms with van der Waals surface area (Å²) in [7, 11) is 0. The summed E-state index contributed by atoms with van der Waals surface area (Å²) in [5, 5.41) is 8.85. The first-order valence-corrected chi connectivity index (χ1v) is 4.91. The second kappa shape index (κ2) is 3.53. The van der Waals surface area contributed by atoms with Crippen LogP contribution in [-0.4, -0.2) is 21.3 Å². The molecule has 0 bridgehead atoms. The highest BCUT2D eigenvalue weighted by Gasteiger charge is 2.28. The molecular weight excluding hydrogens is 180 g/mol. The number of rotatable bonds is 3. The summed E-state index contributed by atoms with van der Waals surface area (Å²) in [4.78, 5) is 16.0. The second-order valence-corrected chi connectivity index (χ2v) is 3.74. The summed E-state index contributed by atoms with van der Waals surface area (Å²) in [5.74, 6) is 1.29. The minimum Gasteiger partial charge on any atom is -0.395 e. The number of aromatic nitrogens is 2. The van der Waals surface area contributed by atoms with Crippen LogP contribution < -0.4 is 5.56 Å². The molecule has 0 aliphatic heterocycles. The van der Waals surface area contributed by atoms with E-state index in [2.05, 4.69) is 4.98 Å². The van der Waals surface area contributed by atoms with Gasteiger partial charge in [-0.15, -0.1) is 0 Å². The molecule has 1 fully saturated rings. The standard InChI is InChI=1S/C10H14N2O2/c1-7-6-9(14)12(4-5-13)10(11-7)8-2-3-8/h6,8,13H,2-5H2,1H3. The highest BCUT2D eigenvalue weighted by atomic mass is 16.3. The zero-order valence-electron chi connectivity index (χ0n) is 8.23. The van der Waals surface area contributed by atoms with Crippen LogP contribution in [0.2, 0.25) is 0 Å². The zero-order chi connectivity index (χ0) is 10.1. The molecule has 1 aliphatic carbocycles. The molecule has 0 saturated heterocycles. The van der Waals surface area contributed by atoms with Crippen LogP contribution in [0.25, 0.3) is 0 Å². The van der Waals surface area contributed by atoms with Gasteiger partial charge in [0.1, 0.15) is 5.82 Å². The maximum Gasteiger partial charge on any atom is 0.253 e. The van der Waals surface area contributed by atoms with Crippen molar-refractivity contribution in [3.05, 3.63) is 27.9 Å². The molecule has 2 rings (SSSR count). The van der Waals surface area contributed by atoms with Gasteiger partial charge in [-0.05, 0) is 19.8 Å². The minimum absolute atomic E-state index is 0.00956. The number of nitrogens with zero attached hydrogens (tertiary/aromatic N) is 2. The fourth-order valence-electron chi connectivity index (χ4n) is 1.62.